The standard InChI is InChI=1S/C12H19N3O2/c1-2-15-11(10(13)7-14-15)12(16)17-8-9-5-3-4-6-9/h7,9H,2-6,8,13H2,1H3. The molecule has 1 aromatic rings. The number of esters is 1. The van der Waals surface area contributed by atoms with Crippen LogP contribution in [0.4, 0.5) is 5.69 Å². The van der Waals surface area contributed by atoms with Crippen molar-refractivity contribution >= 4 is 11.7 Å². The van der Waals surface area contributed by atoms with Crippen LogP contribution < -0.4 is 5.73 Å². The Labute approximate surface area is 101 Å². The number of nitrogens with two attached hydrogens (primary N) is 1. The van der Waals surface area contributed by atoms with E-state index in [1.165, 1.54) is 19.0 Å². The summed E-state index contributed by atoms with van der Waals surface area (Å²) in [4.78, 5) is 11.9. The van der Waals surface area contributed by atoms with Crippen molar-refractivity contribution in [3.63, 3.8) is 0 Å². The molecule has 2 rings (SSSR count). The van der Waals surface area contributed by atoms with Crippen LogP contribution in [0.15, 0.2) is 6.20 Å². The van der Waals surface area contributed by atoms with Gasteiger partial charge in [-0.3, -0.25) is 4.68 Å². The maximum absolute atomic E-state index is 11.9. The quantitative estimate of drug-likeness (QED) is 0.811. The molecule has 5 nitrogen and oxygen atoms in total. The summed E-state index contributed by atoms with van der Waals surface area (Å²) in [6, 6.07) is 0. The largest absolute Gasteiger partial charge is 0.461 e. The first-order valence-electron chi connectivity index (χ1n) is 6.20. The third-order valence-electron chi connectivity index (χ3n) is 3.29. The van der Waals surface area contributed by atoms with Crippen molar-refractivity contribution in [2.75, 3.05) is 12.3 Å². The first-order valence-corrected chi connectivity index (χ1v) is 6.20. The highest BCUT2D eigenvalue weighted by Crippen LogP contribution is 2.25. The summed E-state index contributed by atoms with van der Waals surface area (Å²) in [5.41, 5.74) is 6.49. The predicted molar refractivity (Wildman–Crippen MR) is 64.6 cm³/mol. The lowest BCUT2D eigenvalue weighted by Crippen LogP contribution is -2.17. The number of carbonyl (C=O) groups excluding carboxylic acids is 1. The smallest absolute Gasteiger partial charge is 0.358 e. The number of nitrogen functional groups attached to an aromatic ring is 1. The number of carbonyl (C=O) groups is 1. The van der Waals surface area contributed by atoms with Gasteiger partial charge in [-0.05, 0) is 25.7 Å². The van der Waals surface area contributed by atoms with Gasteiger partial charge in [-0.2, -0.15) is 5.10 Å². The van der Waals surface area contributed by atoms with Gasteiger partial charge in [0.25, 0.3) is 0 Å². The van der Waals surface area contributed by atoms with E-state index in [1.54, 1.807) is 4.68 Å². The number of ether oxygens (including phenoxy) is 1. The van der Waals surface area contributed by atoms with Crippen molar-refractivity contribution in [1.29, 1.82) is 0 Å². The number of hydrogen-bond donors (Lipinski definition) is 1. The minimum Gasteiger partial charge on any atom is -0.461 e. The molecule has 0 saturated heterocycles. The van der Waals surface area contributed by atoms with Crippen LogP contribution >= 0.6 is 0 Å². The molecule has 0 unspecified atom stereocenters. The Hall–Kier alpha value is -1.52. The van der Waals surface area contributed by atoms with Crippen molar-refractivity contribution < 1.29 is 9.53 Å². The van der Waals surface area contributed by atoms with Crippen LogP contribution in [-0.2, 0) is 11.3 Å². The zero-order valence-electron chi connectivity index (χ0n) is 10.2. The van der Waals surface area contributed by atoms with Crippen molar-refractivity contribution in [1.82, 2.24) is 9.78 Å². The lowest BCUT2D eigenvalue weighted by Gasteiger charge is -2.11. The van der Waals surface area contributed by atoms with Crippen molar-refractivity contribution in [2.45, 2.75) is 39.2 Å². The van der Waals surface area contributed by atoms with E-state index in [9.17, 15) is 4.79 Å². The van der Waals surface area contributed by atoms with Crippen LogP contribution in [0.3, 0.4) is 0 Å². The summed E-state index contributed by atoms with van der Waals surface area (Å²) in [7, 11) is 0. The van der Waals surface area contributed by atoms with Crippen molar-refractivity contribution in [3.8, 4) is 0 Å². The minimum atomic E-state index is -0.353. The lowest BCUT2D eigenvalue weighted by molar-refractivity contribution is 0.0429. The fourth-order valence-corrected chi connectivity index (χ4v) is 2.30. The first kappa shape index (κ1) is 12.0. The maximum atomic E-state index is 11.9. The van der Waals surface area contributed by atoms with Crippen LogP contribution in [0, 0.1) is 5.92 Å². The van der Waals surface area contributed by atoms with Gasteiger partial charge in [0.1, 0.15) is 0 Å². The van der Waals surface area contributed by atoms with E-state index < -0.39 is 0 Å². The molecule has 94 valence electrons. The monoisotopic (exact) mass is 237 g/mol. The van der Waals surface area contributed by atoms with Gasteiger partial charge in [-0.15, -0.1) is 0 Å². The molecule has 1 aliphatic carbocycles. The fourth-order valence-electron chi connectivity index (χ4n) is 2.30. The molecule has 1 heterocycles. The zero-order chi connectivity index (χ0) is 12.3. The highest BCUT2D eigenvalue weighted by molar-refractivity contribution is 5.93. The highest BCUT2D eigenvalue weighted by Gasteiger charge is 2.21. The summed E-state index contributed by atoms with van der Waals surface area (Å²) in [5.74, 6) is 0.173. The van der Waals surface area contributed by atoms with Gasteiger partial charge in [0.15, 0.2) is 5.69 Å². The molecule has 0 aliphatic heterocycles. The predicted octanol–water partition coefficient (Wildman–Crippen LogP) is 1.83. The Kier molecular flexibility index (Phi) is 3.66. The van der Waals surface area contributed by atoms with Gasteiger partial charge in [0.05, 0.1) is 18.5 Å². The molecule has 0 spiro atoms. The van der Waals surface area contributed by atoms with Gasteiger partial charge in [-0.25, -0.2) is 4.79 Å². The zero-order valence-corrected chi connectivity index (χ0v) is 10.2. The number of nitrogens with zero attached hydrogens (tertiary/aromatic N) is 2. The molecule has 1 fully saturated rings. The molecule has 2 N–H and O–H groups in total. The summed E-state index contributed by atoms with van der Waals surface area (Å²) < 4.78 is 6.89. The SMILES string of the molecule is CCn1ncc(N)c1C(=O)OCC1CCCC1. The molecule has 0 aromatic carbocycles. The second-order valence-corrected chi connectivity index (χ2v) is 4.51. The van der Waals surface area contributed by atoms with E-state index in [0.717, 1.165) is 12.8 Å². The third-order valence-corrected chi connectivity index (χ3v) is 3.29. The molecule has 0 radical (unpaired) electrons. The van der Waals surface area contributed by atoms with E-state index >= 15 is 0 Å². The van der Waals surface area contributed by atoms with Crippen LogP contribution in [0.1, 0.15) is 43.1 Å². The maximum Gasteiger partial charge on any atom is 0.358 e. The normalized spacial score (nSPS) is 16.3. The second kappa shape index (κ2) is 5.21. The fraction of sp³-hybridized carbons (Fsp3) is 0.667. The first-order chi connectivity index (χ1) is 8.22. The number of rotatable bonds is 4. The molecule has 1 aliphatic rings. The average molecular weight is 237 g/mol. The molecule has 5 heteroatoms. The van der Waals surface area contributed by atoms with Crippen molar-refractivity contribution in [2.24, 2.45) is 5.92 Å². The Morgan fingerprint density at radius 1 is 1.59 bits per heavy atom. The van der Waals surface area contributed by atoms with Gasteiger partial charge in [0.2, 0.25) is 0 Å². The summed E-state index contributed by atoms with van der Waals surface area (Å²) in [6.45, 7) is 3.04. The van der Waals surface area contributed by atoms with Crippen LogP contribution in [0.5, 0.6) is 0 Å². The van der Waals surface area contributed by atoms with E-state index in [2.05, 4.69) is 5.10 Å². The van der Waals surface area contributed by atoms with Gasteiger partial charge < -0.3 is 10.5 Å². The van der Waals surface area contributed by atoms with Gasteiger partial charge in [0, 0.05) is 6.54 Å². The number of aryl methyl sites for hydroxylation is 1. The number of anilines is 1. The van der Waals surface area contributed by atoms with Gasteiger partial charge >= 0.3 is 5.97 Å². The molecule has 1 saturated carbocycles. The Balaban J connectivity index is 1.96. The van der Waals surface area contributed by atoms with E-state index in [4.69, 9.17) is 10.5 Å². The van der Waals surface area contributed by atoms with Crippen molar-refractivity contribution in [3.05, 3.63) is 11.9 Å². The Bertz CT molecular complexity index is 394. The van der Waals surface area contributed by atoms with Gasteiger partial charge in [-0.1, -0.05) is 12.8 Å². The average Bonchev–Trinajstić information content (AvgIpc) is 2.94. The van der Waals surface area contributed by atoms with Crippen LogP contribution in [-0.4, -0.2) is 22.4 Å². The molecule has 1 aromatic heterocycles. The molecule has 0 amide bonds. The minimum absolute atomic E-state index is 0.353. The second-order valence-electron chi connectivity index (χ2n) is 4.51. The van der Waals surface area contributed by atoms with E-state index in [1.807, 2.05) is 6.92 Å². The van der Waals surface area contributed by atoms with Crippen LogP contribution in [0.25, 0.3) is 0 Å². The van der Waals surface area contributed by atoms with E-state index in [0.29, 0.717) is 30.5 Å². The summed E-state index contributed by atoms with van der Waals surface area (Å²) in [6.07, 6.45) is 6.32. The molecule has 0 atom stereocenters. The Morgan fingerprint density at radius 2 is 2.29 bits per heavy atom. The van der Waals surface area contributed by atoms with Crippen LogP contribution in [0.2, 0.25) is 0 Å². The number of hydrogen-bond acceptors (Lipinski definition) is 4. The molecule has 17 heavy (non-hydrogen) atoms. The molecule has 0 bridgehead atoms. The van der Waals surface area contributed by atoms with E-state index in [-0.39, 0.29) is 5.97 Å². The summed E-state index contributed by atoms with van der Waals surface area (Å²) in [5, 5.41) is 4.03. The lowest BCUT2D eigenvalue weighted by atomic mass is 10.1. The topological polar surface area (TPSA) is 70.1 Å². The third kappa shape index (κ3) is 2.60. The summed E-state index contributed by atoms with van der Waals surface area (Å²) >= 11 is 0. The molecular formula is C12H19N3O2. The Morgan fingerprint density at radius 3 is 2.94 bits per heavy atom. The molecular weight excluding hydrogens is 218 g/mol. The number of aromatic nitrogens is 2. The highest BCUT2D eigenvalue weighted by atomic mass is 16.5.